The first-order chi connectivity index (χ1) is 6.81. The molecule has 1 aromatic carbocycles. The number of furan rings is 1. The predicted molar refractivity (Wildman–Crippen MR) is 58.0 cm³/mol. The molecule has 2 N–H and O–H groups in total. The number of hydrogen-bond acceptors (Lipinski definition) is 2. The molecule has 1 aromatic heterocycles. The van der Waals surface area contributed by atoms with Crippen LogP contribution in [0.4, 0.5) is 0 Å². The van der Waals surface area contributed by atoms with Gasteiger partial charge in [-0.25, -0.2) is 0 Å². The number of para-hydroxylation sites is 1. The maximum atomic E-state index is 5.90. The molecule has 0 saturated heterocycles. The molecule has 1 atom stereocenters. The summed E-state index contributed by atoms with van der Waals surface area (Å²) in [6, 6.07) is 9.81. The standard InChI is InChI=1S/C12H13NO/c1-2-5-10(13)12-8-9-6-3-4-7-11(9)14-12/h2-4,6-8,10H,1,5,13H2. The van der Waals surface area contributed by atoms with Crippen LogP contribution in [0.1, 0.15) is 18.2 Å². The molecule has 0 aliphatic rings. The molecule has 14 heavy (non-hydrogen) atoms. The van der Waals surface area contributed by atoms with E-state index in [1.807, 2.05) is 30.3 Å². The van der Waals surface area contributed by atoms with Gasteiger partial charge in [-0.15, -0.1) is 6.58 Å². The molecule has 1 heterocycles. The lowest BCUT2D eigenvalue weighted by atomic mass is 10.1. The normalized spacial score (nSPS) is 12.9. The van der Waals surface area contributed by atoms with Crippen molar-refractivity contribution in [1.29, 1.82) is 0 Å². The Kier molecular flexibility index (Phi) is 2.37. The molecular weight excluding hydrogens is 174 g/mol. The zero-order valence-corrected chi connectivity index (χ0v) is 7.94. The molecule has 2 heteroatoms. The summed E-state index contributed by atoms with van der Waals surface area (Å²) in [4.78, 5) is 0. The van der Waals surface area contributed by atoms with Crippen LogP contribution in [0.15, 0.2) is 47.4 Å². The lowest BCUT2D eigenvalue weighted by molar-refractivity contribution is 0.498. The summed E-state index contributed by atoms with van der Waals surface area (Å²) in [6.07, 6.45) is 2.54. The summed E-state index contributed by atoms with van der Waals surface area (Å²) < 4.78 is 5.61. The van der Waals surface area contributed by atoms with Crippen LogP contribution in [0.3, 0.4) is 0 Å². The Hall–Kier alpha value is -1.54. The highest BCUT2D eigenvalue weighted by Gasteiger charge is 2.09. The van der Waals surface area contributed by atoms with Crippen molar-refractivity contribution in [1.82, 2.24) is 0 Å². The van der Waals surface area contributed by atoms with Gasteiger partial charge in [0.25, 0.3) is 0 Å². The zero-order valence-electron chi connectivity index (χ0n) is 7.94. The molecule has 0 aliphatic carbocycles. The molecule has 0 fully saturated rings. The Labute approximate surface area is 83.0 Å². The van der Waals surface area contributed by atoms with E-state index in [4.69, 9.17) is 10.2 Å². The first kappa shape index (κ1) is 9.03. The van der Waals surface area contributed by atoms with E-state index in [0.29, 0.717) is 0 Å². The minimum atomic E-state index is -0.0834. The molecule has 2 nitrogen and oxygen atoms in total. The second kappa shape index (κ2) is 3.68. The first-order valence-corrected chi connectivity index (χ1v) is 4.66. The first-order valence-electron chi connectivity index (χ1n) is 4.66. The minimum absolute atomic E-state index is 0.0834. The Morgan fingerprint density at radius 3 is 2.93 bits per heavy atom. The van der Waals surface area contributed by atoms with Crippen molar-refractivity contribution in [2.75, 3.05) is 0 Å². The largest absolute Gasteiger partial charge is 0.459 e. The number of nitrogens with two attached hydrogens (primary N) is 1. The third kappa shape index (κ3) is 1.56. The van der Waals surface area contributed by atoms with Crippen LogP contribution in [0.5, 0.6) is 0 Å². The van der Waals surface area contributed by atoms with Gasteiger partial charge in [0.2, 0.25) is 0 Å². The lowest BCUT2D eigenvalue weighted by Crippen LogP contribution is -2.07. The molecular formula is C12H13NO. The smallest absolute Gasteiger partial charge is 0.134 e. The SMILES string of the molecule is C=CCC(N)c1cc2ccccc2o1. The van der Waals surface area contributed by atoms with Gasteiger partial charge < -0.3 is 10.2 Å². The van der Waals surface area contributed by atoms with Crippen molar-refractivity contribution < 1.29 is 4.42 Å². The summed E-state index contributed by atoms with van der Waals surface area (Å²) in [6.45, 7) is 3.66. The van der Waals surface area contributed by atoms with Crippen molar-refractivity contribution in [3.8, 4) is 0 Å². The number of rotatable bonds is 3. The summed E-state index contributed by atoms with van der Waals surface area (Å²) in [5.74, 6) is 0.825. The summed E-state index contributed by atoms with van der Waals surface area (Å²) in [5, 5.41) is 1.10. The monoisotopic (exact) mass is 187 g/mol. The second-order valence-electron chi connectivity index (χ2n) is 3.32. The van der Waals surface area contributed by atoms with Crippen LogP contribution in [-0.2, 0) is 0 Å². The fourth-order valence-electron chi connectivity index (χ4n) is 1.48. The summed E-state index contributed by atoms with van der Waals surface area (Å²) in [5.41, 5.74) is 6.80. The van der Waals surface area contributed by atoms with E-state index in [0.717, 1.165) is 23.2 Å². The van der Waals surface area contributed by atoms with Gasteiger partial charge in [-0.05, 0) is 18.6 Å². The molecule has 0 aliphatic heterocycles. The molecule has 0 radical (unpaired) electrons. The third-order valence-electron chi connectivity index (χ3n) is 2.23. The Balaban J connectivity index is 2.39. The van der Waals surface area contributed by atoms with Crippen molar-refractivity contribution in [2.24, 2.45) is 5.73 Å². The molecule has 72 valence electrons. The van der Waals surface area contributed by atoms with Gasteiger partial charge in [-0.2, -0.15) is 0 Å². The predicted octanol–water partition coefficient (Wildman–Crippen LogP) is 3.01. The van der Waals surface area contributed by atoms with Gasteiger partial charge in [0, 0.05) is 5.39 Å². The van der Waals surface area contributed by atoms with Crippen LogP contribution in [0.2, 0.25) is 0 Å². The molecule has 0 amide bonds. The van der Waals surface area contributed by atoms with E-state index in [9.17, 15) is 0 Å². The highest BCUT2D eigenvalue weighted by molar-refractivity contribution is 5.77. The van der Waals surface area contributed by atoms with E-state index in [-0.39, 0.29) is 6.04 Å². The van der Waals surface area contributed by atoms with Gasteiger partial charge >= 0.3 is 0 Å². The number of hydrogen-bond donors (Lipinski definition) is 1. The Morgan fingerprint density at radius 1 is 1.43 bits per heavy atom. The maximum Gasteiger partial charge on any atom is 0.134 e. The van der Waals surface area contributed by atoms with E-state index in [1.54, 1.807) is 6.08 Å². The number of fused-ring (bicyclic) bond motifs is 1. The van der Waals surface area contributed by atoms with Crippen molar-refractivity contribution >= 4 is 11.0 Å². The topological polar surface area (TPSA) is 39.2 Å². The fourth-order valence-corrected chi connectivity index (χ4v) is 1.48. The van der Waals surface area contributed by atoms with Gasteiger partial charge in [0.15, 0.2) is 0 Å². The fraction of sp³-hybridized carbons (Fsp3) is 0.167. The van der Waals surface area contributed by atoms with Crippen LogP contribution in [-0.4, -0.2) is 0 Å². The molecule has 0 bridgehead atoms. The molecule has 2 rings (SSSR count). The molecule has 0 saturated carbocycles. The van der Waals surface area contributed by atoms with E-state index < -0.39 is 0 Å². The van der Waals surface area contributed by atoms with Crippen molar-refractivity contribution in [3.63, 3.8) is 0 Å². The maximum absolute atomic E-state index is 5.90. The van der Waals surface area contributed by atoms with E-state index >= 15 is 0 Å². The van der Waals surface area contributed by atoms with Gasteiger partial charge in [0.1, 0.15) is 11.3 Å². The zero-order chi connectivity index (χ0) is 9.97. The van der Waals surface area contributed by atoms with Crippen molar-refractivity contribution in [3.05, 3.63) is 48.7 Å². The quantitative estimate of drug-likeness (QED) is 0.750. The lowest BCUT2D eigenvalue weighted by Gasteiger charge is -2.02. The highest BCUT2D eigenvalue weighted by atomic mass is 16.3. The van der Waals surface area contributed by atoms with Crippen LogP contribution in [0, 0.1) is 0 Å². The van der Waals surface area contributed by atoms with Crippen LogP contribution < -0.4 is 5.73 Å². The van der Waals surface area contributed by atoms with E-state index in [1.165, 1.54) is 0 Å². The van der Waals surface area contributed by atoms with Gasteiger partial charge in [-0.1, -0.05) is 24.3 Å². The van der Waals surface area contributed by atoms with Crippen LogP contribution in [0.25, 0.3) is 11.0 Å². The summed E-state index contributed by atoms with van der Waals surface area (Å²) in [7, 11) is 0. The van der Waals surface area contributed by atoms with Crippen LogP contribution >= 0.6 is 0 Å². The highest BCUT2D eigenvalue weighted by Crippen LogP contribution is 2.24. The summed E-state index contributed by atoms with van der Waals surface area (Å²) >= 11 is 0. The minimum Gasteiger partial charge on any atom is -0.459 e. The van der Waals surface area contributed by atoms with Gasteiger partial charge in [0.05, 0.1) is 6.04 Å². The molecule has 2 aromatic rings. The average Bonchev–Trinajstić information content (AvgIpc) is 2.61. The molecule has 1 unspecified atom stereocenters. The van der Waals surface area contributed by atoms with Crippen molar-refractivity contribution in [2.45, 2.75) is 12.5 Å². The molecule has 0 spiro atoms. The Bertz CT molecular complexity index is 411. The van der Waals surface area contributed by atoms with Gasteiger partial charge in [-0.3, -0.25) is 0 Å². The third-order valence-corrected chi connectivity index (χ3v) is 2.23. The van der Waals surface area contributed by atoms with E-state index in [2.05, 4.69) is 6.58 Å². The number of benzene rings is 1. The average molecular weight is 187 g/mol. The Morgan fingerprint density at radius 2 is 2.21 bits per heavy atom. The second-order valence-corrected chi connectivity index (χ2v) is 3.32.